The van der Waals surface area contributed by atoms with Gasteiger partial charge in [-0.25, -0.2) is 9.59 Å². The standard InChI is InChI=1S/C23H22ClN3O6/c1-14-10-16(8-9-17(14)24)32-13-19(29)33-12-18(28)20-21(25)27(23(31)26(2)22(20)30)11-15-6-4-3-5-7-15/h3-10H,11-13,25H2,1-2H3. The van der Waals surface area contributed by atoms with Crippen molar-refractivity contribution in [2.24, 2.45) is 7.05 Å². The normalized spacial score (nSPS) is 10.6. The maximum absolute atomic E-state index is 12.7. The second-order valence-corrected chi connectivity index (χ2v) is 7.67. The number of Topliss-reactive ketones (excluding diaryl/α,β-unsaturated/α-hetero) is 1. The molecule has 2 aromatic carbocycles. The third-order valence-electron chi connectivity index (χ3n) is 4.90. The van der Waals surface area contributed by atoms with Crippen LogP contribution in [0.5, 0.6) is 5.75 Å². The minimum atomic E-state index is -0.865. The average molecular weight is 472 g/mol. The van der Waals surface area contributed by atoms with Crippen LogP contribution in [0.2, 0.25) is 5.02 Å². The van der Waals surface area contributed by atoms with Crippen molar-refractivity contribution in [2.45, 2.75) is 13.5 Å². The summed E-state index contributed by atoms with van der Waals surface area (Å²) in [5.74, 6) is -1.53. The third-order valence-corrected chi connectivity index (χ3v) is 5.32. The van der Waals surface area contributed by atoms with Gasteiger partial charge in [0.2, 0.25) is 5.78 Å². The van der Waals surface area contributed by atoms with Crippen molar-refractivity contribution in [3.05, 3.63) is 91.1 Å². The summed E-state index contributed by atoms with van der Waals surface area (Å²) in [4.78, 5) is 49.8. The Morgan fingerprint density at radius 2 is 1.76 bits per heavy atom. The van der Waals surface area contributed by atoms with Crippen LogP contribution >= 0.6 is 11.6 Å². The molecule has 0 aliphatic carbocycles. The van der Waals surface area contributed by atoms with Gasteiger partial charge in [0.15, 0.2) is 13.2 Å². The summed E-state index contributed by atoms with van der Waals surface area (Å²) in [7, 11) is 1.25. The molecule has 0 fully saturated rings. The van der Waals surface area contributed by atoms with Crippen LogP contribution in [-0.4, -0.2) is 34.1 Å². The summed E-state index contributed by atoms with van der Waals surface area (Å²) in [5.41, 5.74) is 5.60. The minimum absolute atomic E-state index is 0.0635. The van der Waals surface area contributed by atoms with Gasteiger partial charge in [-0.15, -0.1) is 0 Å². The Morgan fingerprint density at radius 1 is 1.06 bits per heavy atom. The van der Waals surface area contributed by atoms with Crippen molar-refractivity contribution in [1.29, 1.82) is 0 Å². The number of aryl methyl sites for hydroxylation is 1. The number of ether oxygens (including phenoxy) is 2. The van der Waals surface area contributed by atoms with Crippen LogP contribution < -0.4 is 21.7 Å². The molecule has 172 valence electrons. The molecule has 3 rings (SSSR count). The largest absolute Gasteiger partial charge is 0.482 e. The molecule has 0 spiro atoms. The van der Waals surface area contributed by atoms with Crippen molar-refractivity contribution in [2.75, 3.05) is 18.9 Å². The molecule has 1 heterocycles. The molecule has 2 N–H and O–H groups in total. The van der Waals surface area contributed by atoms with E-state index in [1.54, 1.807) is 49.4 Å². The maximum atomic E-state index is 12.7. The number of aromatic nitrogens is 2. The highest BCUT2D eigenvalue weighted by atomic mass is 35.5. The number of anilines is 1. The lowest BCUT2D eigenvalue weighted by atomic mass is 10.2. The van der Waals surface area contributed by atoms with Crippen molar-refractivity contribution in [3.8, 4) is 5.75 Å². The number of nitrogen functional groups attached to an aromatic ring is 1. The summed E-state index contributed by atoms with van der Waals surface area (Å²) >= 11 is 5.95. The van der Waals surface area contributed by atoms with Crippen LogP contribution in [0.15, 0.2) is 58.1 Å². The number of carbonyl (C=O) groups excluding carboxylic acids is 2. The van der Waals surface area contributed by atoms with Crippen molar-refractivity contribution >= 4 is 29.2 Å². The number of halogens is 1. The summed E-state index contributed by atoms with van der Waals surface area (Å²) in [6.07, 6.45) is 0. The lowest BCUT2D eigenvalue weighted by Gasteiger charge is -2.15. The lowest BCUT2D eigenvalue weighted by Crippen LogP contribution is -2.43. The topological polar surface area (TPSA) is 123 Å². The predicted octanol–water partition coefficient (Wildman–Crippen LogP) is 1.94. The summed E-state index contributed by atoms with van der Waals surface area (Å²) in [6.45, 7) is 0.669. The van der Waals surface area contributed by atoms with Gasteiger partial charge in [-0.1, -0.05) is 41.9 Å². The predicted molar refractivity (Wildman–Crippen MR) is 123 cm³/mol. The Labute approximate surface area is 193 Å². The molecule has 0 radical (unpaired) electrons. The molecule has 33 heavy (non-hydrogen) atoms. The van der Waals surface area contributed by atoms with E-state index in [9.17, 15) is 19.2 Å². The first kappa shape index (κ1) is 23.8. The molecule has 3 aromatic rings. The number of carbonyl (C=O) groups is 2. The molecule has 0 aliphatic rings. The summed E-state index contributed by atoms with van der Waals surface area (Å²) in [6, 6.07) is 13.8. The average Bonchev–Trinajstić information content (AvgIpc) is 2.80. The van der Waals surface area contributed by atoms with E-state index in [0.717, 1.165) is 20.3 Å². The van der Waals surface area contributed by atoms with E-state index in [2.05, 4.69) is 0 Å². The highest BCUT2D eigenvalue weighted by Crippen LogP contribution is 2.21. The SMILES string of the molecule is Cc1cc(OCC(=O)OCC(=O)c2c(N)n(Cc3ccccc3)c(=O)n(C)c2=O)ccc1Cl. The minimum Gasteiger partial charge on any atom is -0.482 e. The van der Waals surface area contributed by atoms with Crippen LogP contribution in [0.3, 0.4) is 0 Å². The van der Waals surface area contributed by atoms with E-state index in [0.29, 0.717) is 10.8 Å². The van der Waals surface area contributed by atoms with Gasteiger partial charge in [-0.3, -0.25) is 18.7 Å². The number of nitrogens with two attached hydrogens (primary N) is 1. The van der Waals surface area contributed by atoms with E-state index >= 15 is 0 Å². The molecule has 0 amide bonds. The van der Waals surface area contributed by atoms with Gasteiger partial charge in [0.25, 0.3) is 5.56 Å². The summed E-state index contributed by atoms with van der Waals surface area (Å²) < 4.78 is 12.2. The fraction of sp³-hybridized carbons (Fsp3) is 0.217. The Hall–Kier alpha value is -3.85. The second kappa shape index (κ2) is 10.2. The number of esters is 1. The molecule has 0 saturated heterocycles. The quantitative estimate of drug-likeness (QED) is 0.393. The zero-order valence-corrected chi connectivity index (χ0v) is 18.8. The number of benzene rings is 2. The molecule has 0 bridgehead atoms. The number of rotatable bonds is 8. The lowest BCUT2D eigenvalue weighted by molar-refractivity contribution is -0.144. The van der Waals surface area contributed by atoms with E-state index < -0.39 is 41.8 Å². The van der Waals surface area contributed by atoms with E-state index in [-0.39, 0.29) is 12.4 Å². The monoisotopic (exact) mass is 471 g/mol. The van der Waals surface area contributed by atoms with Gasteiger partial charge in [-0.2, -0.15) is 0 Å². The zero-order chi connectivity index (χ0) is 24.1. The van der Waals surface area contributed by atoms with Crippen molar-refractivity contribution in [3.63, 3.8) is 0 Å². The van der Waals surface area contributed by atoms with E-state index in [1.807, 2.05) is 6.07 Å². The zero-order valence-electron chi connectivity index (χ0n) is 18.0. The third kappa shape index (κ3) is 5.50. The molecule has 9 nitrogen and oxygen atoms in total. The molecule has 0 atom stereocenters. The van der Waals surface area contributed by atoms with Gasteiger partial charge in [0, 0.05) is 12.1 Å². The van der Waals surface area contributed by atoms with Crippen LogP contribution in [0, 0.1) is 6.92 Å². The molecular formula is C23H22ClN3O6. The molecule has 0 unspecified atom stereocenters. The molecule has 10 heteroatoms. The second-order valence-electron chi connectivity index (χ2n) is 7.26. The van der Waals surface area contributed by atoms with E-state index in [1.165, 1.54) is 7.05 Å². The van der Waals surface area contributed by atoms with Gasteiger partial charge in [0.1, 0.15) is 17.1 Å². The van der Waals surface area contributed by atoms with Crippen LogP contribution in [0.1, 0.15) is 21.5 Å². The number of hydrogen-bond acceptors (Lipinski definition) is 7. The Morgan fingerprint density at radius 3 is 2.42 bits per heavy atom. The van der Waals surface area contributed by atoms with E-state index in [4.69, 9.17) is 26.8 Å². The van der Waals surface area contributed by atoms with Gasteiger partial charge >= 0.3 is 11.7 Å². The van der Waals surface area contributed by atoms with Gasteiger partial charge in [0.05, 0.1) is 6.54 Å². The first-order chi connectivity index (χ1) is 15.7. The van der Waals surface area contributed by atoms with Gasteiger partial charge in [-0.05, 0) is 36.2 Å². The van der Waals surface area contributed by atoms with Crippen LogP contribution in [0.25, 0.3) is 0 Å². The maximum Gasteiger partial charge on any atom is 0.344 e. The fourth-order valence-electron chi connectivity index (χ4n) is 3.07. The first-order valence-electron chi connectivity index (χ1n) is 9.90. The van der Waals surface area contributed by atoms with Crippen LogP contribution in [0.4, 0.5) is 5.82 Å². The highest BCUT2D eigenvalue weighted by Gasteiger charge is 2.23. The first-order valence-corrected chi connectivity index (χ1v) is 10.3. The highest BCUT2D eigenvalue weighted by molar-refractivity contribution is 6.31. The number of nitrogens with zero attached hydrogens (tertiary/aromatic N) is 2. The van der Waals surface area contributed by atoms with Gasteiger partial charge < -0.3 is 15.2 Å². The summed E-state index contributed by atoms with van der Waals surface area (Å²) in [5, 5.41) is 0.559. The van der Waals surface area contributed by atoms with Crippen molar-refractivity contribution < 1.29 is 19.1 Å². The molecule has 1 aromatic heterocycles. The fourth-order valence-corrected chi connectivity index (χ4v) is 3.19. The smallest absolute Gasteiger partial charge is 0.344 e. The Bertz CT molecular complexity index is 1310. The Kier molecular flexibility index (Phi) is 7.34. The number of ketones is 1. The van der Waals surface area contributed by atoms with Crippen molar-refractivity contribution in [1.82, 2.24) is 9.13 Å². The number of hydrogen-bond donors (Lipinski definition) is 1. The van der Waals surface area contributed by atoms with Crippen LogP contribution in [-0.2, 0) is 23.1 Å². The molecular weight excluding hydrogens is 450 g/mol. The molecule has 0 saturated carbocycles. The Balaban J connectivity index is 1.72. The molecule has 0 aliphatic heterocycles.